The fraction of sp³-hybridized carbons (Fsp3) is 0.318. The molecule has 0 bridgehead atoms. The van der Waals surface area contributed by atoms with Gasteiger partial charge in [-0.1, -0.05) is 49.2 Å². The molecule has 1 fully saturated rings. The van der Waals surface area contributed by atoms with Crippen molar-refractivity contribution in [3.63, 3.8) is 0 Å². The fourth-order valence-corrected chi connectivity index (χ4v) is 3.57. The molecule has 2 aromatic rings. The molecule has 1 saturated carbocycles. The van der Waals surface area contributed by atoms with E-state index in [1.165, 1.54) is 0 Å². The van der Waals surface area contributed by atoms with Gasteiger partial charge in [-0.3, -0.25) is 4.79 Å². The number of ether oxygens (including phenoxy) is 3. The van der Waals surface area contributed by atoms with Gasteiger partial charge in [0.05, 0.1) is 13.0 Å². The van der Waals surface area contributed by atoms with Gasteiger partial charge in [0.1, 0.15) is 28.3 Å². The van der Waals surface area contributed by atoms with Crippen LogP contribution in [0.2, 0.25) is 0 Å². The van der Waals surface area contributed by atoms with E-state index in [2.05, 4.69) is 0 Å². The first-order valence-corrected chi connectivity index (χ1v) is 9.67. The zero-order chi connectivity index (χ0) is 20.3. The molecule has 3 rings (SSSR count). The monoisotopic (exact) mass is 420 g/mol. The second-order valence-corrected chi connectivity index (χ2v) is 8.32. The number of carbonyl (C=O) groups is 1. The number of carbonyl (C=O) groups excluding carboxylic acids is 1. The zero-order valence-electron chi connectivity index (χ0n) is 15.9. The number of methoxy groups -OCH3 is 1. The molecule has 148 valence electrons. The minimum absolute atomic E-state index is 0.00487. The Kier molecular flexibility index (Phi) is 6.21. The maximum Gasteiger partial charge on any atom is 0.310 e. The summed E-state index contributed by atoms with van der Waals surface area (Å²) in [5.41, 5.74) is 0.645. The fourth-order valence-electron chi connectivity index (χ4n) is 3.30. The lowest BCUT2D eigenvalue weighted by molar-refractivity contribution is -0.147. The quantitative estimate of drug-likeness (QED) is 0.505. The second-order valence-electron chi connectivity index (χ2n) is 7.31. The van der Waals surface area contributed by atoms with Crippen LogP contribution in [0.4, 0.5) is 0 Å². The Morgan fingerprint density at radius 1 is 1.07 bits per heavy atom. The third kappa shape index (κ3) is 4.81. The van der Waals surface area contributed by atoms with Crippen molar-refractivity contribution in [2.24, 2.45) is 17.3 Å². The minimum Gasteiger partial charge on any atom is -0.497 e. The van der Waals surface area contributed by atoms with E-state index in [0.717, 1.165) is 11.3 Å². The molecule has 2 unspecified atom stereocenters. The topological polar surface area (TPSA) is 44.8 Å². The van der Waals surface area contributed by atoms with Crippen LogP contribution in [0.5, 0.6) is 17.2 Å². The highest BCUT2D eigenvalue weighted by atomic mass is 35.5. The molecule has 0 amide bonds. The van der Waals surface area contributed by atoms with Gasteiger partial charge in [0.15, 0.2) is 0 Å². The van der Waals surface area contributed by atoms with E-state index in [1.807, 2.05) is 62.4 Å². The molecule has 0 aromatic heterocycles. The van der Waals surface area contributed by atoms with Crippen molar-refractivity contribution in [2.45, 2.75) is 20.5 Å². The number of halogens is 2. The van der Waals surface area contributed by atoms with Crippen molar-refractivity contribution in [3.8, 4) is 17.2 Å². The van der Waals surface area contributed by atoms with Crippen molar-refractivity contribution in [1.82, 2.24) is 0 Å². The molecule has 4 nitrogen and oxygen atoms in total. The Morgan fingerprint density at radius 3 is 2.39 bits per heavy atom. The van der Waals surface area contributed by atoms with E-state index < -0.39 is 0 Å². The highest BCUT2D eigenvalue weighted by molar-refractivity contribution is 6.55. The zero-order valence-corrected chi connectivity index (χ0v) is 17.5. The van der Waals surface area contributed by atoms with E-state index >= 15 is 0 Å². The molecular formula is C22H22Cl2O4. The summed E-state index contributed by atoms with van der Waals surface area (Å²) >= 11 is 11.5. The van der Waals surface area contributed by atoms with E-state index in [1.54, 1.807) is 13.2 Å². The Balaban J connectivity index is 1.59. The molecule has 1 aliphatic carbocycles. The van der Waals surface area contributed by atoms with Crippen molar-refractivity contribution < 1.29 is 19.0 Å². The van der Waals surface area contributed by atoms with Crippen LogP contribution in [0.25, 0.3) is 0 Å². The van der Waals surface area contributed by atoms with Crippen LogP contribution in [-0.4, -0.2) is 13.1 Å². The summed E-state index contributed by atoms with van der Waals surface area (Å²) in [4.78, 5) is 12.4. The van der Waals surface area contributed by atoms with E-state index in [0.29, 0.717) is 11.5 Å². The van der Waals surface area contributed by atoms with Crippen molar-refractivity contribution >= 4 is 29.2 Å². The SMILES string of the molecule is COc1ccc(Oc2cccc(COC(=O)C3C(C=C(Cl)Cl)C3(C)C)c2)cc1. The van der Waals surface area contributed by atoms with Gasteiger partial charge in [-0.15, -0.1) is 0 Å². The summed E-state index contributed by atoms with van der Waals surface area (Å²) in [5.74, 6) is 1.64. The number of benzene rings is 2. The maximum atomic E-state index is 12.4. The molecule has 0 spiro atoms. The minimum atomic E-state index is -0.248. The average Bonchev–Trinajstić information content (AvgIpc) is 3.20. The molecule has 0 N–H and O–H groups in total. The molecule has 2 atom stereocenters. The van der Waals surface area contributed by atoms with Gasteiger partial charge in [-0.25, -0.2) is 0 Å². The summed E-state index contributed by atoms with van der Waals surface area (Å²) in [7, 11) is 1.62. The molecule has 0 saturated heterocycles. The van der Waals surface area contributed by atoms with Crippen LogP contribution in [0, 0.1) is 17.3 Å². The van der Waals surface area contributed by atoms with Crippen LogP contribution in [-0.2, 0) is 16.1 Å². The standard InChI is InChI=1S/C22H22Cl2O4/c1-22(2)18(12-19(23)24)20(22)21(25)27-13-14-5-4-6-17(11-14)28-16-9-7-15(26-3)8-10-16/h4-12,18,20H,13H2,1-3H3. The predicted octanol–water partition coefficient (Wildman–Crippen LogP) is 6.12. The predicted molar refractivity (Wildman–Crippen MR) is 110 cm³/mol. The molecule has 0 heterocycles. The van der Waals surface area contributed by atoms with Gasteiger partial charge in [-0.2, -0.15) is 0 Å². The van der Waals surface area contributed by atoms with Crippen molar-refractivity contribution in [3.05, 3.63) is 64.7 Å². The second kappa shape index (κ2) is 8.46. The molecule has 28 heavy (non-hydrogen) atoms. The Bertz CT molecular complexity index is 870. The third-order valence-corrected chi connectivity index (χ3v) is 5.30. The molecule has 6 heteroatoms. The van der Waals surface area contributed by atoms with E-state index in [4.69, 9.17) is 37.4 Å². The lowest BCUT2D eigenvalue weighted by Crippen LogP contribution is -2.10. The van der Waals surface area contributed by atoms with Crippen LogP contribution < -0.4 is 9.47 Å². The molecule has 2 aromatic carbocycles. The first-order chi connectivity index (χ1) is 13.3. The largest absolute Gasteiger partial charge is 0.497 e. The Labute approximate surface area is 175 Å². The third-order valence-electron chi connectivity index (χ3n) is 5.04. The van der Waals surface area contributed by atoms with Crippen LogP contribution in [0.15, 0.2) is 59.1 Å². The summed E-state index contributed by atoms with van der Waals surface area (Å²) in [5, 5.41) is 0. The lowest BCUT2D eigenvalue weighted by Gasteiger charge is -2.09. The Morgan fingerprint density at radius 2 is 1.75 bits per heavy atom. The van der Waals surface area contributed by atoms with Gasteiger partial charge in [0, 0.05) is 0 Å². The summed E-state index contributed by atoms with van der Waals surface area (Å²) in [6.45, 7) is 4.18. The number of esters is 1. The number of rotatable bonds is 7. The first-order valence-electron chi connectivity index (χ1n) is 8.91. The highest BCUT2D eigenvalue weighted by Gasteiger charge is 2.61. The molecule has 0 aliphatic heterocycles. The number of hydrogen-bond acceptors (Lipinski definition) is 4. The summed E-state index contributed by atoms with van der Waals surface area (Å²) < 4.78 is 16.7. The lowest BCUT2D eigenvalue weighted by atomic mass is 10.1. The van der Waals surface area contributed by atoms with E-state index in [-0.39, 0.29) is 34.3 Å². The average molecular weight is 421 g/mol. The molecule has 0 radical (unpaired) electrons. The van der Waals surface area contributed by atoms with Crippen LogP contribution in [0.3, 0.4) is 0 Å². The van der Waals surface area contributed by atoms with Crippen molar-refractivity contribution in [2.75, 3.05) is 7.11 Å². The van der Waals surface area contributed by atoms with Gasteiger partial charge in [0.2, 0.25) is 0 Å². The van der Waals surface area contributed by atoms with Crippen LogP contribution >= 0.6 is 23.2 Å². The summed E-state index contributed by atoms with van der Waals surface area (Å²) in [6.07, 6.45) is 1.71. The number of allylic oxidation sites excluding steroid dienone is 1. The van der Waals surface area contributed by atoms with E-state index in [9.17, 15) is 4.79 Å². The number of hydrogen-bond donors (Lipinski definition) is 0. The van der Waals surface area contributed by atoms with Gasteiger partial charge < -0.3 is 14.2 Å². The first kappa shape index (κ1) is 20.6. The van der Waals surface area contributed by atoms with Gasteiger partial charge >= 0.3 is 5.97 Å². The van der Waals surface area contributed by atoms with Gasteiger partial charge in [0.25, 0.3) is 0 Å². The Hall–Kier alpha value is -2.17. The normalized spacial score (nSPS) is 19.5. The highest BCUT2D eigenvalue weighted by Crippen LogP contribution is 2.60. The molecule has 1 aliphatic rings. The smallest absolute Gasteiger partial charge is 0.310 e. The maximum absolute atomic E-state index is 12.4. The molecular weight excluding hydrogens is 399 g/mol. The summed E-state index contributed by atoms with van der Waals surface area (Å²) in [6, 6.07) is 14.8. The van der Waals surface area contributed by atoms with Gasteiger partial charge in [-0.05, 0) is 59.4 Å². The van der Waals surface area contributed by atoms with Crippen LogP contribution in [0.1, 0.15) is 19.4 Å². The van der Waals surface area contributed by atoms with Crippen molar-refractivity contribution in [1.29, 1.82) is 0 Å².